The molecule has 0 aliphatic heterocycles. The van der Waals surface area contributed by atoms with Crippen molar-refractivity contribution in [2.75, 3.05) is 13.1 Å². The minimum Gasteiger partial charge on any atom is -0.286 e. The summed E-state index contributed by atoms with van der Waals surface area (Å²) in [5.41, 5.74) is 0. The molecule has 0 radical (unpaired) electrons. The second-order valence-electron chi connectivity index (χ2n) is 2.34. The molecular weight excluding hydrogens is 166 g/mol. The molecule has 0 bridgehead atoms. The van der Waals surface area contributed by atoms with Crippen LogP contribution in [0.2, 0.25) is 0 Å². The fourth-order valence-electron chi connectivity index (χ4n) is 0.926. The van der Waals surface area contributed by atoms with Crippen LogP contribution in [0.15, 0.2) is 0 Å². The van der Waals surface area contributed by atoms with E-state index in [0.29, 0.717) is 13.1 Å². The van der Waals surface area contributed by atoms with Crippen molar-refractivity contribution in [3.8, 4) is 0 Å². The van der Waals surface area contributed by atoms with E-state index in [0.717, 1.165) is 0 Å². The molecule has 0 fully saturated rings. The Labute approximate surface area is 68.0 Å². The van der Waals surface area contributed by atoms with E-state index in [9.17, 15) is 8.42 Å². The summed E-state index contributed by atoms with van der Waals surface area (Å²) in [6, 6.07) is 0. The maximum absolute atomic E-state index is 10.6. The third kappa shape index (κ3) is 3.18. The smallest absolute Gasteiger partial charge is 0.280 e. The fourth-order valence-corrected chi connectivity index (χ4v) is 1.60. The predicted octanol–water partition coefficient (Wildman–Crippen LogP) is 0.562. The van der Waals surface area contributed by atoms with E-state index in [1.807, 2.05) is 13.8 Å². The second kappa shape index (κ2) is 4.04. The zero-order valence-corrected chi connectivity index (χ0v) is 7.93. The van der Waals surface area contributed by atoms with Gasteiger partial charge in [-0.3, -0.25) is 9.45 Å². The minimum absolute atomic E-state index is 0.622. The third-order valence-corrected chi connectivity index (χ3v) is 2.92. The number of hydrogen-bond donors (Lipinski definition) is 1. The van der Waals surface area contributed by atoms with Gasteiger partial charge >= 0.3 is 0 Å². The van der Waals surface area contributed by atoms with Gasteiger partial charge in [-0.2, -0.15) is 8.42 Å². The van der Waals surface area contributed by atoms with Crippen LogP contribution in [0.25, 0.3) is 0 Å². The lowest BCUT2D eigenvalue weighted by molar-refractivity contribution is 0.272. The maximum atomic E-state index is 10.6. The van der Waals surface area contributed by atoms with Crippen molar-refractivity contribution < 1.29 is 13.0 Å². The van der Waals surface area contributed by atoms with Crippen molar-refractivity contribution in [1.82, 2.24) is 4.90 Å². The van der Waals surface area contributed by atoms with Crippen LogP contribution >= 0.6 is 0 Å². The Morgan fingerprint density at radius 1 is 1.36 bits per heavy atom. The lowest BCUT2D eigenvalue weighted by Crippen LogP contribution is -2.38. The van der Waals surface area contributed by atoms with E-state index >= 15 is 0 Å². The average molecular weight is 181 g/mol. The van der Waals surface area contributed by atoms with Gasteiger partial charge in [-0.1, -0.05) is 13.8 Å². The monoisotopic (exact) mass is 181 g/mol. The Bertz CT molecular complexity index is 196. The topological polar surface area (TPSA) is 57.6 Å². The number of hydrogen-bond acceptors (Lipinski definition) is 3. The highest BCUT2D eigenvalue weighted by Gasteiger charge is 2.22. The first kappa shape index (κ1) is 10.9. The molecule has 11 heavy (non-hydrogen) atoms. The molecule has 5 heteroatoms. The van der Waals surface area contributed by atoms with Crippen LogP contribution in [0.4, 0.5) is 0 Å². The average Bonchev–Trinajstić information content (AvgIpc) is 1.88. The van der Waals surface area contributed by atoms with Gasteiger partial charge in [0.1, 0.15) is 5.37 Å². The fraction of sp³-hybridized carbons (Fsp3) is 1.00. The summed E-state index contributed by atoms with van der Waals surface area (Å²) in [4.78, 5) is 1.66. The Morgan fingerprint density at radius 2 is 1.73 bits per heavy atom. The molecule has 0 aromatic heterocycles. The molecule has 0 heterocycles. The van der Waals surface area contributed by atoms with E-state index in [2.05, 4.69) is 0 Å². The number of nitrogens with zero attached hydrogens (tertiary/aromatic N) is 1. The minimum atomic E-state index is -3.90. The van der Waals surface area contributed by atoms with Gasteiger partial charge in [-0.05, 0) is 20.0 Å². The molecule has 0 aliphatic rings. The van der Waals surface area contributed by atoms with Crippen LogP contribution in [-0.4, -0.2) is 36.3 Å². The third-order valence-electron chi connectivity index (χ3n) is 1.76. The van der Waals surface area contributed by atoms with E-state index < -0.39 is 15.5 Å². The standard InChI is InChI=1S/C6H15NO3S/c1-4-7(5-2)6(3)11(8,9)10/h6H,4-5H2,1-3H3,(H,8,9,10). The molecule has 0 saturated heterocycles. The quantitative estimate of drug-likeness (QED) is 0.644. The first-order valence-corrected chi connectivity index (χ1v) is 5.14. The Hall–Kier alpha value is -0.130. The van der Waals surface area contributed by atoms with Gasteiger partial charge in [-0.25, -0.2) is 0 Å². The first-order valence-electron chi connectivity index (χ1n) is 3.63. The molecule has 1 N–H and O–H groups in total. The van der Waals surface area contributed by atoms with Crippen LogP contribution in [0.5, 0.6) is 0 Å². The van der Waals surface area contributed by atoms with Crippen LogP contribution < -0.4 is 0 Å². The lowest BCUT2D eigenvalue weighted by Gasteiger charge is -2.23. The molecule has 0 saturated carbocycles. The second-order valence-corrected chi connectivity index (χ2v) is 4.05. The van der Waals surface area contributed by atoms with E-state index in [1.54, 1.807) is 4.90 Å². The number of rotatable bonds is 4. The zero-order valence-electron chi connectivity index (χ0n) is 7.11. The van der Waals surface area contributed by atoms with Gasteiger partial charge in [0.25, 0.3) is 10.1 Å². The van der Waals surface area contributed by atoms with Gasteiger partial charge in [-0.15, -0.1) is 0 Å². The Kier molecular flexibility index (Phi) is 3.99. The largest absolute Gasteiger partial charge is 0.286 e. The molecule has 1 unspecified atom stereocenters. The highest BCUT2D eigenvalue weighted by atomic mass is 32.2. The zero-order chi connectivity index (χ0) is 9.07. The SMILES string of the molecule is CCN(CC)C(C)S(=O)(=O)O. The molecule has 0 aliphatic carbocycles. The summed E-state index contributed by atoms with van der Waals surface area (Å²) < 4.78 is 29.9. The van der Waals surface area contributed by atoms with Crippen LogP contribution in [-0.2, 0) is 10.1 Å². The lowest BCUT2D eigenvalue weighted by atomic mass is 10.5. The Balaban J connectivity index is 4.33. The van der Waals surface area contributed by atoms with E-state index in [4.69, 9.17) is 4.55 Å². The Morgan fingerprint density at radius 3 is 1.82 bits per heavy atom. The summed E-state index contributed by atoms with van der Waals surface area (Å²) >= 11 is 0. The normalized spacial score (nSPS) is 15.4. The predicted molar refractivity (Wildman–Crippen MR) is 43.9 cm³/mol. The molecule has 0 rings (SSSR count). The van der Waals surface area contributed by atoms with Crippen molar-refractivity contribution in [2.24, 2.45) is 0 Å². The molecule has 0 amide bonds. The first-order chi connectivity index (χ1) is 4.93. The van der Waals surface area contributed by atoms with Gasteiger partial charge in [0.05, 0.1) is 0 Å². The molecule has 68 valence electrons. The van der Waals surface area contributed by atoms with Crippen LogP contribution in [0.1, 0.15) is 20.8 Å². The molecular formula is C6H15NO3S. The van der Waals surface area contributed by atoms with Crippen molar-refractivity contribution in [3.63, 3.8) is 0 Å². The summed E-state index contributed by atoms with van der Waals surface area (Å²) in [7, 11) is -3.90. The highest BCUT2D eigenvalue weighted by molar-refractivity contribution is 7.86. The van der Waals surface area contributed by atoms with Gasteiger partial charge in [0, 0.05) is 0 Å². The van der Waals surface area contributed by atoms with E-state index in [1.165, 1.54) is 6.92 Å². The van der Waals surface area contributed by atoms with Crippen molar-refractivity contribution in [1.29, 1.82) is 0 Å². The van der Waals surface area contributed by atoms with Crippen molar-refractivity contribution in [2.45, 2.75) is 26.1 Å². The van der Waals surface area contributed by atoms with Gasteiger partial charge < -0.3 is 0 Å². The summed E-state index contributed by atoms with van der Waals surface area (Å²) in [6.45, 7) is 6.42. The van der Waals surface area contributed by atoms with Gasteiger partial charge in [0.15, 0.2) is 0 Å². The molecule has 0 aromatic carbocycles. The summed E-state index contributed by atoms with van der Waals surface area (Å²) in [6.07, 6.45) is 0. The van der Waals surface area contributed by atoms with Crippen LogP contribution in [0, 0.1) is 0 Å². The molecule has 0 spiro atoms. The summed E-state index contributed by atoms with van der Waals surface area (Å²) in [5, 5.41) is -0.794. The molecule has 4 nitrogen and oxygen atoms in total. The van der Waals surface area contributed by atoms with Gasteiger partial charge in [0.2, 0.25) is 0 Å². The van der Waals surface area contributed by atoms with Crippen molar-refractivity contribution >= 4 is 10.1 Å². The molecule has 0 aromatic rings. The van der Waals surface area contributed by atoms with Crippen LogP contribution in [0.3, 0.4) is 0 Å². The maximum Gasteiger partial charge on any atom is 0.280 e. The molecule has 1 atom stereocenters. The van der Waals surface area contributed by atoms with Crippen molar-refractivity contribution in [3.05, 3.63) is 0 Å². The highest BCUT2D eigenvalue weighted by Crippen LogP contribution is 2.03. The summed E-state index contributed by atoms with van der Waals surface area (Å²) in [5.74, 6) is 0. The van der Waals surface area contributed by atoms with E-state index in [-0.39, 0.29) is 0 Å².